The Bertz CT molecular complexity index is 559. The van der Waals surface area contributed by atoms with Crippen LogP contribution in [0.4, 0.5) is 14.3 Å². The van der Waals surface area contributed by atoms with Gasteiger partial charge in [-0.25, -0.2) is 9.18 Å². The summed E-state index contributed by atoms with van der Waals surface area (Å²) in [4.78, 5) is 15.3. The maximum absolute atomic E-state index is 12.9. The van der Waals surface area contributed by atoms with Gasteiger partial charge < -0.3 is 5.11 Å². The molecule has 8 heteroatoms. The average molecular weight is 254 g/mol. The third kappa shape index (κ3) is 2.36. The van der Waals surface area contributed by atoms with Gasteiger partial charge in [0.05, 0.1) is 6.20 Å². The van der Waals surface area contributed by atoms with Gasteiger partial charge in [-0.15, -0.1) is 10.2 Å². The van der Waals surface area contributed by atoms with Crippen molar-refractivity contribution in [1.29, 1.82) is 0 Å². The highest BCUT2D eigenvalue weighted by Crippen LogP contribution is 2.27. The van der Waals surface area contributed by atoms with Gasteiger partial charge in [-0.2, -0.15) is 0 Å². The number of carboxylic acid groups (broad SMARTS) is 1. The zero-order valence-corrected chi connectivity index (χ0v) is 9.48. The molecule has 0 radical (unpaired) electrons. The standard InChI is InChI=1S/C9H7FN4O2S/c1-14(9(15)16)8-13-12-7(17-8)5-2-6(10)4-11-3-5/h2-4H,1H3,(H,15,16). The lowest BCUT2D eigenvalue weighted by Crippen LogP contribution is -2.23. The van der Waals surface area contributed by atoms with Gasteiger partial charge in [-0.1, -0.05) is 11.3 Å². The number of carbonyl (C=O) groups is 1. The van der Waals surface area contributed by atoms with Crippen LogP contribution in [0, 0.1) is 5.82 Å². The van der Waals surface area contributed by atoms with E-state index in [1.54, 1.807) is 0 Å². The Balaban J connectivity index is 2.33. The molecule has 2 heterocycles. The molecule has 0 bridgehead atoms. The molecule has 0 fully saturated rings. The summed E-state index contributed by atoms with van der Waals surface area (Å²) in [6.07, 6.45) is 1.38. The van der Waals surface area contributed by atoms with Crippen molar-refractivity contribution in [3.63, 3.8) is 0 Å². The molecule has 88 valence electrons. The van der Waals surface area contributed by atoms with Crippen LogP contribution in [-0.2, 0) is 0 Å². The summed E-state index contributed by atoms with van der Waals surface area (Å²) in [7, 11) is 1.36. The van der Waals surface area contributed by atoms with E-state index in [1.807, 2.05) is 0 Å². The topological polar surface area (TPSA) is 79.2 Å². The van der Waals surface area contributed by atoms with E-state index in [1.165, 1.54) is 19.3 Å². The number of nitrogens with zero attached hydrogens (tertiary/aromatic N) is 4. The van der Waals surface area contributed by atoms with Crippen LogP contribution in [0.3, 0.4) is 0 Å². The number of hydrogen-bond acceptors (Lipinski definition) is 5. The second kappa shape index (κ2) is 4.42. The van der Waals surface area contributed by atoms with Gasteiger partial charge in [-0.05, 0) is 6.07 Å². The molecule has 2 aromatic rings. The maximum atomic E-state index is 12.9. The summed E-state index contributed by atoms with van der Waals surface area (Å²) in [5, 5.41) is 16.9. The molecule has 2 rings (SSSR count). The third-order valence-electron chi connectivity index (χ3n) is 1.94. The molecule has 0 aromatic carbocycles. The smallest absolute Gasteiger partial charge is 0.413 e. The van der Waals surface area contributed by atoms with Gasteiger partial charge in [0.25, 0.3) is 0 Å². The van der Waals surface area contributed by atoms with Gasteiger partial charge >= 0.3 is 6.09 Å². The van der Waals surface area contributed by atoms with Crippen LogP contribution in [0.1, 0.15) is 0 Å². The van der Waals surface area contributed by atoms with E-state index in [4.69, 9.17) is 5.11 Å². The van der Waals surface area contributed by atoms with Gasteiger partial charge in [0.1, 0.15) is 5.82 Å². The number of aromatic nitrogens is 3. The number of hydrogen-bond donors (Lipinski definition) is 1. The summed E-state index contributed by atoms with van der Waals surface area (Å²) in [6.45, 7) is 0. The number of pyridine rings is 1. The van der Waals surface area contributed by atoms with E-state index in [-0.39, 0.29) is 5.13 Å². The van der Waals surface area contributed by atoms with Crippen LogP contribution in [-0.4, -0.2) is 33.4 Å². The fourth-order valence-electron chi connectivity index (χ4n) is 1.08. The van der Waals surface area contributed by atoms with Crippen LogP contribution >= 0.6 is 11.3 Å². The molecule has 17 heavy (non-hydrogen) atoms. The van der Waals surface area contributed by atoms with Crippen LogP contribution in [0.2, 0.25) is 0 Å². The second-order valence-electron chi connectivity index (χ2n) is 3.12. The summed E-state index contributed by atoms with van der Waals surface area (Å²) >= 11 is 1.05. The van der Waals surface area contributed by atoms with Gasteiger partial charge in [0, 0.05) is 18.8 Å². The van der Waals surface area contributed by atoms with E-state index in [0.717, 1.165) is 22.4 Å². The number of halogens is 1. The van der Waals surface area contributed by atoms with Crippen LogP contribution in [0.5, 0.6) is 0 Å². The highest BCUT2D eigenvalue weighted by atomic mass is 32.1. The van der Waals surface area contributed by atoms with E-state index in [9.17, 15) is 9.18 Å². The normalized spacial score (nSPS) is 10.2. The minimum Gasteiger partial charge on any atom is -0.465 e. The Hall–Kier alpha value is -2.09. The Morgan fingerprint density at radius 3 is 2.88 bits per heavy atom. The van der Waals surface area contributed by atoms with E-state index in [2.05, 4.69) is 15.2 Å². The predicted octanol–water partition coefficient (Wildman–Crippen LogP) is 1.85. The van der Waals surface area contributed by atoms with Gasteiger partial charge in [0.2, 0.25) is 5.13 Å². The third-order valence-corrected chi connectivity index (χ3v) is 2.99. The van der Waals surface area contributed by atoms with Crippen molar-refractivity contribution < 1.29 is 14.3 Å². The minimum absolute atomic E-state index is 0.219. The number of amides is 1. The van der Waals surface area contributed by atoms with Crippen molar-refractivity contribution >= 4 is 22.6 Å². The zero-order chi connectivity index (χ0) is 12.4. The molecule has 0 spiro atoms. The van der Waals surface area contributed by atoms with Gasteiger partial charge in [-0.3, -0.25) is 9.88 Å². The molecule has 0 saturated carbocycles. The predicted molar refractivity (Wildman–Crippen MR) is 59.5 cm³/mol. The van der Waals surface area contributed by atoms with Crippen molar-refractivity contribution in [2.24, 2.45) is 0 Å². The SMILES string of the molecule is CN(C(=O)O)c1nnc(-c2cncc(F)c2)s1. The van der Waals surface area contributed by atoms with Crippen LogP contribution < -0.4 is 4.90 Å². The Kier molecular flexibility index (Phi) is 2.96. The summed E-state index contributed by atoms with van der Waals surface area (Å²) in [5.41, 5.74) is 0.465. The molecule has 2 aromatic heterocycles. The quantitative estimate of drug-likeness (QED) is 0.884. The van der Waals surface area contributed by atoms with Crippen LogP contribution in [0.25, 0.3) is 10.6 Å². The molecule has 1 amide bonds. The molecular formula is C9H7FN4O2S. The molecule has 0 aliphatic carbocycles. The highest BCUT2D eigenvalue weighted by Gasteiger charge is 2.15. The molecule has 0 aliphatic rings. The number of rotatable bonds is 2. The first-order valence-electron chi connectivity index (χ1n) is 4.49. The van der Waals surface area contributed by atoms with Crippen molar-refractivity contribution in [1.82, 2.24) is 15.2 Å². The first-order valence-corrected chi connectivity index (χ1v) is 5.30. The number of anilines is 1. The fraction of sp³-hybridized carbons (Fsp3) is 0.111. The molecule has 0 aliphatic heterocycles. The average Bonchev–Trinajstić information content (AvgIpc) is 2.77. The minimum atomic E-state index is -1.13. The molecule has 0 saturated heterocycles. The first-order chi connectivity index (χ1) is 8.08. The summed E-state index contributed by atoms with van der Waals surface area (Å²) in [5.74, 6) is -0.481. The zero-order valence-electron chi connectivity index (χ0n) is 8.66. The lowest BCUT2D eigenvalue weighted by molar-refractivity contribution is 0.203. The second-order valence-corrected chi connectivity index (χ2v) is 4.08. The lowest BCUT2D eigenvalue weighted by Gasteiger charge is -2.05. The maximum Gasteiger partial charge on any atom is 0.413 e. The molecule has 0 atom stereocenters. The summed E-state index contributed by atoms with van der Waals surface area (Å²) in [6, 6.07) is 1.26. The monoisotopic (exact) mass is 254 g/mol. The Labute approximate surface area is 99.4 Å². The van der Waals surface area contributed by atoms with E-state index >= 15 is 0 Å². The Morgan fingerprint density at radius 2 is 2.24 bits per heavy atom. The van der Waals surface area contributed by atoms with Crippen LogP contribution in [0.15, 0.2) is 18.5 Å². The molecular weight excluding hydrogens is 247 g/mol. The first kappa shape index (κ1) is 11.4. The van der Waals surface area contributed by atoms with E-state index < -0.39 is 11.9 Å². The molecule has 1 N–H and O–H groups in total. The van der Waals surface area contributed by atoms with Crippen molar-refractivity contribution in [2.45, 2.75) is 0 Å². The van der Waals surface area contributed by atoms with Gasteiger partial charge in [0.15, 0.2) is 5.01 Å². The lowest BCUT2D eigenvalue weighted by atomic mass is 10.3. The fourth-order valence-corrected chi connectivity index (χ4v) is 1.86. The van der Waals surface area contributed by atoms with Crippen molar-refractivity contribution in [3.8, 4) is 10.6 Å². The highest BCUT2D eigenvalue weighted by molar-refractivity contribution is 7.18. The Morgan fingerprint density at radius 1 is 1.47 bits per heavy atom. The van der Waals surface area contributed by atoms with Crippen molar-refractivity contribution in [3.05, 3.63) is 24.3 Å². The summed E-state index contributed by atoms with van der Waals surface area (Å²) < 4.78 is 12.9. The largest absolute Gasteiger partial charge is 0.465 e. The molecule has 6 nitrogen and oxygen atoms in total. The van der Waals surface area contributed by atoms with Crippen molar-refractivity contribution in [2.75, 3.05) is 11.9 Å². The molecule has 0 unspecified atom stereocenters. The van der Waals surface area contributed by atoms with E-state index in [0.29, 0.717) is 10.6 Å².